The van der Waals surface area contributed by atoms with Crippen LogP contribution in [0, 0.1) is 6.92 Å². The van der Waals surface area contributed by atoms with Gasteiger partial charge in [-0.3, -0.25) is 4.90 Å². The largest absolute Gasteiger partial charge is 0.420 e. The molecule has 3 heterocycles. The fraction of sp³-hybridized carbons (Fsp3) is 0.273. The summed E-state index contributed by atoms with van der Waals surface area (Å²) in [7, 11) is 0. The molecule has 1 N–H and O–H groups in total. The number of nitrogens with zero attached hydrogens (tertiary/aromatic N) is 3. The number of rotatable bonds is 4. The SMILES string of the molecule is Cc1ccc(-c2nnc([C@H]3CCN(Cc4c[nH]c5ccccc45)C3)o2)cc1. The lowest BCUT2D eigenvalue weighted by atomic mass is 10.1. The minimum Gasteiger partial charge on any atom is -0.420 e. The van der Waals surface area contributed by atoms with E-state index in [2.05, 4.69) is 69.6 Å². The Morgan fingerprint density at radius 1 is 1.11 bits per heavy atom. The molecule has 0 aliphatic carbocycles. The molecule has 0 bridgehead atoms. The quantitative estimate of drug-likeness (QED) is 0.583. The molecule has 1 fully saturated rings. The van der Waals surface area contributed by atoms with Crippen LogP contribution in [0.4, 0.5) is 0 Å². The number of fused-ring (bicyclic) bond motifs is 1. The highest BCUT2D eigenvalue weighted by atomic mass is 16.4. The van der Waals surface area contributed by atoms with Gasteiger partial charge in [0.1, 0.15) is 0 Å². The molecule has 27 heavy (non-hydrogen) atoms. The van der Waals surface area contributed by atoms with E-state index in [1.54, 1.807) is 0 Å². The number of hydrogen-bond donors (Lipinski definition) is 1. The van der Waals surface area contributed by atoms with Gasteiger partial charge in [-0.25, -0.2) is 0 Å². The van der Waals surface area contributed by atoms with Gasteiger partial charge >= 0.3 is 0 Å². The standard InChI is InChI=1S/C22H22N4O/c1-15-6-8-16(9-7-15)21-24-25-22(27-21)17-10-11-26(13-17)14-18-12-23-20-5-3-2-4-19(18)20/h2-9,12,17,23H,10-11,13-14H2,1H3/t17-/m0/s1. The summed E-state index contributed by atoms with van der Waals surface area (Å²) in [6.07, 6.45) is 3.18. The maximum absolute atomic E-state index is 5.99. The van der Waals surface area contributed by atoms with Crippen molar-refractivity contribution in [3.63, 3.8) is 0 Å². The predicted octanol–water partition coefficient (Wildman–Crippen LogP) is 4.52. The lowest BCUT2D eigenvalue weighted by Gasteiger charge is -2.14. The molecule has 0 saturated carbocycles. The number of nitrogens with one attached hydrogen (secondary N) is 1. The molecule has 5 heteroatoms. The first-order valence-electron chi connectivity index (χ1n) is 9.44. The molecule has 136 valence electrons. The zero-order chi connectivity index (χ0) is 18.2. The molecule has 2 aromatic heterocycles. The molecule has 5 rings (SSSR count). The van der Waals surface area contributed by atoms with Crippen LogP contribution < -0.4 is 0 Å². The maximum Gasteiger partial charge on any atom is 0.247 e. The zero-order valence-electron chi connectivity index (χ0n) is 15.4. The van der Waals surface area contributed by atoms with Gasteiger partial charge in [0.2, 0.25) is 11.8 Å². The molecule has 5 nitrogen and oxygen atoms in total. The summed E-state index contributed by atoms with van der Waals surface area (Å²) >= 11 is 0. The third kappa shape index (κ3) is 3.15. The summed E-state index contributed by atoms with van der Waals surface area (Å²) in [4.78, 5) is 5.83. The molecule has 1 atom stereocenters. The van der Waals surface area contributed by atoms with Gasteiger partial charge in [-0.05, 0) is 43.7 Å². The Balaban J connectivity index is 1.29. The Morgan fingerprint density at radius 2 is 1.96 bits per heavy atom. The number of aromatic amines is 1. The third-order valence-corrected chi connectivity index (χ3v) is 5.43. The lowest BCUT2D eigenvalue weighted by molar-refractivity contribution is 0.321. The molecular formula is C22H22N4O. The average Bonchev–Trinajstić information content (AvgIpc) is 3.43. The molecule has 1 aliphatic rings. The van der Waals surface area contributed by atoms with E-state index in [0.717, 1.165) is 37.5 Å². The first-order valence-corrected chi connectivity index (χ1v) is 9.44. The van der Waals surface area contributed by atoms with E-state index in [-0.39, 0.29) is 0 Å². The maximum atomic E-state index is 5.99. The van der Waals surface area contributed by atoms with Gasteiger partial charge in [0.25, 0.3) is 0 Å². The summed E-state index contributed by atoms with van der Waals surface area (Å²) in [6, 6.07) is 16.7. The first kappa shape index (κ1) is 16.3. The molecule has 2 aromatic carbocycles. The fourth-order valence-electron chi connectivity index (χ4n) is 3.89. The highest BCUT2D eigenvalue weighted by molar-refractivity contribution is 5.82. The minimum atomic E-state index is 0.307. The van der Waals surface area contributed by atoms with Gasteiger partial charge in [0, 0.05) is 35.8 Å². The predicted molar refractivity (Wildman–Crippen MR) is 105 cm³/mol. The van der Waals surface area contributed by atoms with Crippen molar-refractivity contribution in [1.29, 1.82) is 0 Å². The van der Waals surface area contributed by atoms with Crippen LogP contribution in [0.3, 0.4) is 0 Å². The van der Waals surface area contributed by atoms with Crippen LogP contribution in [0.25, 0.3) is 22.4 Å². The van der Waals surface area contributed by atoms with Crippen molar-refractivity contribution < 1.29 is 4.42 Å². The Morgan fingerprint density at radius 3 is 2.85 bits per heavy atom. The summed E-state index contributed by atoms with van der Waals surface area (Å²) in [6.45, 7) is 5.02. The van der Waals surface area contributed by atoms with E-state index in [4.69, 9.17) is 4.42 Å². The number of benzene rings is 2. The van der Waals surface area contributed by atoms with E-state index >= 15 is 0 Å². The van der Waals surface area contributed by atoms with E-state index < -0.39 is 0 Å². The van der Waals surface area contributed by atoms with Crippen molar-refractivity contribution in [3.05, 3.63) is 71.7 Å². The third-order valence-electron chi connectivity index (χ3n) is 5.43. The van der Waals surface area contributed by atoms with Crippen LogP contribution >= 0.6 is 0 Å². The van der Waals surface area contributed by atoms with Crippen LogP contribution in [0.5, 0.6) is 0 Å². The second kappa shape index (κ2) is 6.67. The van der Waals surface area contributed by atoms with Crippen LogP contribution in [0.2, 0.25) is 0 Å². The van der Waals surface area contributed by atoms with E-state index in [1.165, 1.54) is 22.0 Å². The fourth-order valence-corrected chi connectivity index (χ4v) is 3.89. The first-order chi connectivity index (χ1) is 13.3. The average molecular weight is 358 g/mol. The molecule has 0 amide bonds. The molecule has 0 radical (unpaired) electrons. The lowest BCUT2D eigenvalue weighted by Crippen LogP contribution is -2.19. The second-order valence-electron chi connectivity index (χ2n) is 7.39. The van der Waals surface area contributed by atoms with Crippen LogP contribution in [0.15, 0.2) is 59.1 Å². The number of likely N-dealkylation sites (tertiary alicyclic amines) is 1. The summed E-state index contributed by atoms with van der Waals surface area (Å²) in [5, 5.41) is 9.90. The topological polar surface area (TPSA) is 58.0 Å². The number of aryl methyl sites for hydroxylation is 1. The van der Waals surface area contributed by atoms with Crippen LogP contribution in [0.1, 0.15) is 29.4 Å². The van der Waals surface area contributed by atoms with Crippen LogP contribution in [-0.4, -0.2) is 33.2 Å². The van der Waals surface area contributed by atoms with Gasteiger partial charge in [0.05, 0.1) is 5.92 Å². The molecule has 0 unspecified atom stereocenters. The summed E-state index contributed by atoms with van der Waals surface area (Å²) in [5.41, 5.74) is 4.75. The monoisotopic (exact) mass is 358 g/mol. The number of hydrogen-bond acceptors (Lipinski definition) is 4. The Kier molecular flexibility index (Phi) is 4.02. The number of aromatic nitrogens is 3. The van der Waals surface area contributed by atoms with E-state index in [0.29, 0.717) is 11.8 Å². The number of H-pyrrole nitrogens is 1. The van der Waals surface area contributed by atoms with E-state index in [1.807, 2.05) is 12.1 Å². The van der Waals surface area contributed by atoms with Crippen molar-refractivity contribution in [2.75, 3.05) is 13.1 Å². The summed E-state index contributed by atoms with van der Waals surface area (Å²) < 4.78 is 5.99. The Hall–Kier alpha value is -2.92. The molecular weight excluding hydrogens is 336 g/mol. The molecule has 0 spiro atoms. The molecule has 1 saturated heterocycles. The van der Waals surface area contributed by atoms with E-state index in [9.17, 15) is 0 Å². The number of para-hydroxylation sites is 1. The Bertz CT molecular complexity index is 1060. The van der Waals surface area contributed by atoms with Crippen molar-refractivity contribution in [3.8, 4) is 11.5 Å². The minimum absolute atomic E-state index is 0.307. The zero-order valence-corrected chi connectivity index (χ0v) is 15.4. The Labute approximate surface area is 158 Å². The normalized spacial score (nSPS) is 17.7. The smallest absolute Gasteiger partial charge is 0.247 e. The van der Waals surface area contributed by atoms with Crippen molar-refractivity contribution in [2.24, 2.45) is 0 Å². The van der Waals surface area contributed by atoms with Crippen molar-refractivity contribution >= 4 is 10.9 Å². The van der Waals surface area contributed by atoms with Crippen molar-refractivity contribution in [2.45, 2.75) is 25.8 Å². The van der Waals surface area contributed by atoms with Gasteiger partial charge in [-0.15, -0.1) is 10.2 Å². The highest BCUT2D eigenvalue weighted by Gasteiger charge is 2.28. The highest BCUT2D eigenvalue weighted by Crippen LogP contribution is 2.30. The van der Waals surface area contributed by atoms with Gasteiger partial charge in [-0.2, -0.15) is 0 Å². The molecule has 4 aromatic rings. The molecule has 1 aliphatic heterocycles. The van der Waals surface area contributed by atoms with Gasteiger partial charge in [-0.1, -0.05) is 35.9 Å². The van der Waals surface area contributed by atoms with Crippen molar-refractivity contribution in [1.82, 2.24) is 20.1 Å². The summed E-state index contributed by atoms with van der Waals surface area (Å²) in [5.74, 6) is 1.67. The van der Waals surface area contributed by atoms with Crippen LogP contribution in [-0.2, 0) is 6.54 Å². The second-order valence-corrected chi connectivity index (χ2v) is 7.39. The van der Waals surface area contributed by atoms with Gasteiger partial charge in [0.15, 0.2) is 0 Å². The van der Waals surface area contributed by atoms with Gasteiger partial charge < -0.3 is 9.40 Å².